The molecule has 0 unspecified atom stereocenters. The molecule has 0 aromatic carbocycles. The lowest BCUT2D eigenvalue weighted by Crippen LogP contribution is -2.38. The largest absolute Gasteiger partial charge is 0.408 e. The van der Waals surface area contributed by atoms with Crippen LogP contribution in [0.3, 0.4) is 0 Å². The predicted octanol–water partition coefficient (Wildman–Crippen LogP) is 1.31. The van der Waals surface area contributed by atoms with Gasteiger partial charge < -0.3 is 9.15 Å². The summed E-state index contributed by atoms with van der Waals surface area (Å²) in [4.78, 5) is 11.7. The van der Waals surface area contributed by atoms with Crippen molar-refractivity contribution in [3.05, 3.63) is 5.89 Å². The van der Waals surface area contributed by atoms with E-state index in [1.165, 1.54) is 7.11 Å². The summed E-state index contributed by atoms with van der Waals surface area (Å²) in [5.41, 5.74) is -0.909. The first-order valence-corrected chi connectivity index (χ1v) is 5.23. The molecule has 0 saturated heterocycles. The van der Waals surface area contributed by atoms with E-state index in [1.807, 2.05) is 0 Å². The maximum absolute atomic E-state index is 11.7. The molecule has 1 aromatic rings. The number of anilines is 1. The van der Waals surface area contributed by atoms with Crippen LogP contribution in [0.15, 0.2) is 4.42 Å². The average Bonchev–Trinajstić information content (AvgIpc) is 3.00. The summed E-state index contributed by atoms with van der Waals surface area (Å²) < 4.78 is 10.3. The van der Waals surface area contributed by atoms with Crippen LogP contribution in [0.25, 0.3) is 0 Å². The highest BCUT2D eigenvalue weighted by molar-refractivity contribution is 5.95. The topological polar surface area (TPSA) is 77.2 Å². The predicted molar refractivity (Wildman–Crippen MR) is 56.0 cm³/mol. The Bertz CT molecular complexity index is 396. The van der Waals surface area contributed by atoms with E-state index in [0.29, 0.717) is 11.8 Å². The number of nitrogens with one attached hydrogen (secondary N) is 1. The van der Waals surface area contributed by atoms with Gasteiger partial charge in [-0.25, -0.2) is 0 Å². The minimum absolute atomic E-state index is 0.136. The molecule has 1 amide bonds. The van der Waals surface area contributed by atoms with E-state index in [4.69, 9.17) is 9.15 Å². The molecular weight excluding hydrogens is 210 g/mol. The van der Waals surface area contributed by atoms with Gasteiger partial charge in [0.1, 0.15) is 5.60 Å². The molecule has 0 radical (unpaired) electrons. The first-order chi connectivity index (χ1) is 7.53. The average molecular weight is 225 g/mol. The van der Waals surface area contributed by atoms with E-state index in [-0.39, 0.29) is 11.9 Å². The lowest BCUT2D eigenvalue weighted by molar-refractivity contribution is -0.133. The summed E-state index contributed by atoms with van der Waals surface area (Å²) in [5, 5.41) is 10.2. The Morgan fingerprint density at radius 2 is 2.19 bits per heavy atom. The molecular formula is C10H15N3O3. The van der Waals surface area contributed by atoms with E-state index in [1.54, 1.807) is 13.8 Å². The fraction of sp³-hybridized carbons (Fsp3) is 0.700. The Morgan fingerprint density at radius 1 is 1.50 bits per heavy atom. The Labute approximate surface area is 93.4 Å². The highest BCUT2D eigenvalue weighted by Crippen LogP contribution is 2.39. The lowest BCUT2D eigenvalue weighted by atomic mass is 10.1. The SMILES string of the molecule is COC(C)(C)C(=O)Nc1nnc(C2CC2)o1. The van der Waals surface area contributed by atoms with Crippen LogP contribution in [0, 0.1) is 0 Å². The number of ether oxygens (including phenoxy) is 1. The van der Waals surface area contributed by atoms with Crippen molar-refractivity contribution in [2.45, 2.75) is 38.2 Å². The maximum atomic E-state index is 11.7. The minimum atomic E-state index is -0.909. The molecule has 1 aliphatic carbocycles. The Kier molecular flexibility index (Phi) is 2.67. The second kappa shape index (κ2) is 3.86. The van der Waals surface area contributed by atoms with Crippen LogP contribution in [-0.4, -0.2) is 28.8 Å². The molecule has 0 atom stereocenters. The van der Waals surface area contributed by atoms with Crippen molar-refractivity contribution in [3.8, 4) is 0 Å². The highest BCUT2D eigenvalue weighted by atomic mass is 16.5. The van der Waals surface area contributed by atoms with Crippen molar-refractivity contribution in [2.75, 3.05) is 12.4 Å². The van der Waals surface area contributed by atoms with Gasteiger partial charge in [-0.2, -0.15) is 0 Å². The van der Waals surface area contributed by atoms with Crippen LogP contribution in [0.5, 0.6) is 0 Å². The second-order valence-electron chi connectivity index (χ2n) is 4.39. The Morgan fingerprint density at radius 3 is 2.75 bits per heavy atom. The van der Waals surface area contributed by atoms with Gasteiger partial charge in [-0.15, -0.1) is 5.10 Å². The van der Waals surface area contributed by atoms with Gasteiger partial charge in [-0.05, 0) is 26.7 Å². The number of rotatable bonds is 4. The molecule has 1 saturated carbocycles. The third kappa shape index (κ3) is 2.21. The number of amides is 1. The molecule has 2 rings (SSSR count). The normalized spacial score (nSPS) is 16.2. The number of hydrogen-bond donors (Lipinski definition) is 1. The third-order valence-electron chi connectivity index (χ3n) is 2.64. The fourth-order valence-corrected chi connectivity index (χ4v) is 1.12. The standard InChI is InChI=1S/C10H15N3O3/c1-10(2,15-3)8(14)11-9-13-12-7(16-9)6-4-5-6/h6H,4-5H2,1-3H3,(H,11,13,14). The molecule has 1 aliphatic rings. The Hall–Kier alpha value is -1.43. The molecule has 0 aliphatic heterocycles. The van der Waals surface area contributed by atoms with Gasteiger partial charge in [-0.1, -0.05) is 5.10 Å². The van der Waals surface area contributed by atoms with Gasteiger partial charge in [0.25, 0.3) is 5.91 Å². The van der Waals surface area contributed by atoms with Gasteiger partial charge in [0, 0.05) is 13.0 Å². The van der Waals surface area contributed by atoms with Crippen LogP contribution < -0.4 is 5.32 Å². The quantitative estimate of drug-likeness (QED) is 0.835. The molecule has 6 heteroatoms. The van der Waals surface area contributed by atoms with Gasteiger partial charge in [0.05, 0.1) is 0 Å². The lowest BCUT2D eigenvalue weighted by Gasteiger charge is -2.19. The fourth-order valence-electron chi connectivity index (χ4n) is 1.12. The number of methoxy groups -OCH3 is 1. The summed E-state index contributed by atoms with van der Waals surface area (Å²) in [5.74, 6) is 0.681. The molecule has 1 N–H and O–H groups in total. The summed E-state index contributed by atoms with van der Waals surface area (Å²) in [6, 6.07) is 0.136. The van der Waals surface area contributed by atoms with Crippen LogP contribution in [0.2, 0.25) is 0 Å². The van der Waals surface area contributed by atoms with Gasteiger partial charge in [-0.3, -0.25) is 10.1 Å². The summed E-state index contributed by atoms with van der Waals surface area (Å²) in [6.07, 6.45) is 2.16. The molecule has 16 heavy (non-hydrogen) atoms. The number of nitrogens with zero attached hydrogens (tertiary/aromatic N) is 2. The van der Waals surface area contributed by atoms with Crippen LogP contribution in [0.1, 0.15) is 38.5 Å². The third-order valence-corrected chi connectivity index (χ3v) is 2.64. The number of hydrogen-bond acceptors (Lipinski definition) is 5. The molecule has 0 spiro atoms. The van der Waals surface area contributed by atoms with Crippen LogP contribution >= 0.6 is 0 Å². The van der Waals surface area contributed by atoms with E-state index >= 15 is 0 Å². The van der Waals surface area contributed by atoms with E-state index < -0.39 is 5.60 Å². The zero-order chi connectivity index (χ0) is 11.8. The Balaban J connectivity index is 2.00. The summed E-state index contributed by atoms with van der Waals surface area (Å²) in [6.45, 7) is 3.33. The summed E-state index contributed by atoms with van der Waals surface area (Å²) >= 11 is 0. The number of carbonyl (C=O) groups excluding carboxylic acids is 1. The molecule has 1 heterocycles. The molecule has 88 valence electrons. The first-order valence-electron chi connectivity index (χ1n) is 5.23. The van der Waals surface area contributed by atoms with Crippen molar-refractivity contribution in [3.63, 3.8) is 0 Å². The van der Waals surface area contributed by atoms with Crippen molar-refractivity contribution in [1.29, 1.82) is 0 Å². The number of carbonyl (C=O) groups is 1. The summed E-state index contributed by atoms with van der Waals surface area (Å²) in [7, 11) is 1.48. The molecule has 6 nitrogen and oxygen atoms in total. The van der Waals surface area contributed by atoms with Crippen molar-refractivity contribution >= 4 is 11.9 Å². The van der Waals surface area contributed by atoms with E-state index in [9.17, 15) is 4.79 Å². The van der Waals surface area contributed by atoms with Crippen LogP contribution in [-0.2, 0) is 9.53 Å². The van der Waals surface area contributed by atoms with Gasteiger partial charge >= 0.3 is 6.01 Å². The zero-order valence-electron chi connectivity index (χ0n) is 9.61. The second-order valence-corrected chi connectivity index (χ2v) is 4.39. The first kappa shape index (κ1) is 11.1. The van der Waals surface area contributed by atoms with Crippen molar-refractivity contribution in [1.82, 2.24) is 10.2 Å². The monoisotopic (exact) mass is 225 g/mol. The highest BCUT2D eigenvalue weighted by Gasteiger charge is 2.31. The zero-order valence-corrected chi connectivity index (χ0v) is 9.61. The molecule has 0 bridgehead atoms. The molecule has 1 aromatic heterocycles. The maximum Gasteiger partial charge on any atom is 0.322 e. The van der Waals surface area contributed by atoms with E-state index in [2.05, 4.69) is 15.5 Å². The van der Waals surface area contributed by atoms with Gasteiger partial charge in [0.2, 0.25) is 5.89 Å². The van der Waals surface area contributed by atoms with Crippen molar-refractivity contribution < 1.29 is 13.9 Å². The van der Waals surface area contributed by atoms with Gasteiger partial charge in [0.15, 0.2) is 0 Å². The minimum Gasteiger partial charge on any atom is -0.408 e. The van der Waals surface area contributed by atoms with Crippen molar-refractivity contribution in [2.24, 2.45) is 0 Å². The smallest absolute Gasteiger partial charge is 0.322 e. The van der Waals surface area contributed by atoms with E-state index in [0.717, 1.165) is 12.8 Å². The molecule has 1 fully saturated rings. The number of aromatic nitrogens is 2. The van der Waals surface area contributed by atoms with Crippen LogP contribution in [0.4, 0.5) is 6.01 Å².